The number of nitrogens with one attached hydrogen (secondary N) is 3. The maximum atomic E-state index is 12.2. The van der Waals surface area contributed by atoms with Gasteiger partial charge in [0.2, 0.25) is 5.91 Å². The van der Waals surface area contributed by atoms with Gasteiger partial charge in [-0.1, -0.05) is 0 Å². The Balaban J connectivity index is 1.38. The van der Waals surface area contributed by atoms with Crippen molar-refractivity contribution >= 4 is 33.7 Å². The third-order valence-corrected chi connectivity index (χ3v) is 5.80. The van der Waals surface area contributed by atoms with E-state index in [1.54, 1.807) is 42.1 Å². The first-order chi connectivity index (χ1) is 18.0. The number of H-pyrrole nitrogens is 2. The molecule has 0 saturated heterocycles. The largest absolute Gasteiger partial charge is 0.335 e. The van der Waals surface area contributed by atoms with Crippen LogP contribution in [0.3, 0.4) is 0 Å². The predicted octanol–water partition coefficient (Wildman–Crippen LogP) is 3.52. The fraction of sp³-hybridized carbons (Fsp3) is 0.115. The van der Waals surface area contributed by atoms with Crippen LogP contribution in [0.25, 0.3) is 56.0 Å². The number of carbonyl (C=O) groups excluding carboxylic acids is 1. The normalized spacial score (nSPS) is 11.4. The average Bonchev–Trinajstić information content (AvgIpc) is 3.52. The van der Waals surface area contributed by atoms with Gasteiger partial charge in [-0.25, -0.2) is 9.97 Å². The third kappa shape index (κ3) is 4.39. The molecule has 182 valence electrons. The topological polar surface area (TPSA) is 141 Å². The van der Waals surface area contributed by atoms with Crippen LogP contribution in [0.2, 0.25) is 0 Å². The van der Waals surface area contributed by atoms with Crippen LogP contribution >= 0.6 is 0 Å². The zero-order valence-electron chi connectivity index (χ0n) is 20.1. The molecule has 0 spiro atoms. The number of fused-ring (bicyclic) bond motifs is 2. The molecule has 0 radical (unpaired) electrons. The lowest BCUT2D eigenvalue weighted by atomic mass is 10.1. The number of aromatic nitrogens is 8. The fourth-order valence-corrected chi connectivity index (χ4v) is 4.15. The van der Waals surface area contributed by atoms with Gasteiger partial charge in [-0.3, -0.25) is 24.8 Å². The van der Waals surface area contributed by atoms with E-state index in [0.29, 0.717) is 28.4 Å². The Labute approximate surface area is 211 Å². The van der Waals surface area contributed by atoms with Crippen molar-refractivity contribution in [2.75, 3.05) is 26.0 Å². The second-order valence-corrected chi connectivity index (χ2v) is 8.82. The number of hydrogen-bond acceptors (Lipinski definition) is 8. The molecule has 0 aliphatic carbocycles. The number of anilines is 1. The van der Waals surface area contributed by atoms with Crippen molar-refractivity contribution in [3.63, 3.8) is 0 Å². The van der Waals surface area contributed by atoms with E-state index < -0.39 is 0 Å². The number of rotatable bonds is 6. The van der Waals surface area contributed by atoms with Crippen molar-refractivity contribution in [1.29, 1.82) is 0 Å². The minimum atomic E-state index is -0.116. The molecule has 37 heavy (non-hydrogen) atoms. The van der Waals surface area contributed by atoms with Crippen molar-refractivity contribution < 1.29 is 4.79 Å². The van der Waals surface area contributed by atoms with Gasteiger partial charge in [0.15, 0.2) is 11.5 Å². The van der Waals surface area contributed by atoms with Crippen molar-refractivity contribution in [2.45, 2.75) is 0 Å². The number of imidazole rings is 1. The van der Waals surface area contributed by atoms with Crippen LogP contribution in [-0.4, -0.2) is 71.5 Å². The summed E-state index contributed by atoms with van der Waals surface area (Å²) < 4.78 is 0. The second kappa shape index (κ2) is 9.21. The molecule has 0 saturated carbocycles. The molecule has 6 aromatic heterocycles. The van der Waals surface area contributed by atoms with Crippen LogP contribution in [0.15, 0.2) is 67.5 Å². The number of aromatic amines is 2. The van der Waals surface area contributed by atoms with Crippen LogP contribution < -0.4 is 5.32 Å². The second-order valence-electron chi connectivity index (χ2n) is 8.82. The van der Waals surface area contributed by atoms with E-state index >= 15 is 0 Å². The molecule has 6 rings (SSSR count). The van der Waals surface area contributed by atoms with Crippen molar-refractivity contribution in [2.24, 2.45) is 0 Å². The van der Waals surface area contributed by atoms with E-state index in [9.17, 15) is 4.79 Å². The molecular formula is C26H22N10O. The Morgan fingerprint density at radius 2 is 1.73 bits per heavy atom. The van der Waals surface area contributed by atoms with E-state index in [2.05, 4.69) is 35.5 Å². The number of carbonyl (C=O) groups is 1. The van der Waals surface area contributed by atoms with Gasteiger partial charge in [-0.2, -0.15) is 5.10 Å². The van der Waals surface area contributed by atoms with Crippen molar-refractivity contribution in [3.8, 4) is 33.9 Å². The first-order valence-electron chi connectivity index (χ1n) is 11.5. The quantitative estimate of drug-likeness (QED) is 0.322. The fourth-order valence-electron chi connectivity index (χ4n) is 4.15. The van der Waals surface area contributed by atoms with Crippen LogP contribution in [0, 0.1) is 0 Å². The molecule has 0 bridgehead atoms. The van der Waals surface area contributed by atoms with Crippen LogP contribution in [-0.2, 0) is 4.79 Å². The molecule has 0 aliphatic heterocycles. The highest BCUT2D eigenvalue weighted by molar-refractivity contribution is 5.96. The summed E-state index contributed by atoms with van der Waals surface area (Å²) in [6.45, 7) is 0.280. The molecule has 11 heteroatoms. The minimum Gasteiger partial charge on any atom is -0.335 e. The zero-order chi connectivity index (χ0) is 25.4. The van der Waals surface area contributed by atoms with Crippen molar-refractivity contribution in [1.82, 2.24) is 45.0 Å². The summed E-state index contributed by atoms with van der Waals surface area (Å²) in [6.07, 6.45) is 10.3. The lowest BCUT2D eigenvalue weighted by Gasteiger charge is -2.10. The molecule has 1 amide bonds. The molecule has 0 aliphatic rings. The molecule has 11 nitrogen and oxygen atoms in total. The molecular weight excluding hydrogens is 468 g/mol. The smallest absolute Gasteiger partial charge is 0.238 e. The summed E-state index contributed by atoms with van der Waals surface area (Å²) in [5.74, 6) is 0.465. The average molecular weight is 491 g/mol. The van der Waals surface area contributed by atoms with E-state index in [1.807, 2.05) is 44.4 Å². The third-order valence-electron chi connectivity index (χ3n) is 5.80. The van der Waals surface area contributed by atoms with E-state index in [4.69, 9.17) is 9.97 Å². The molecule has 0 fully saturated rings. The number of likely N-dealkylation sites (N-methyl/N-ethyl adjacent to an activating group) is 1. The van der Waals surface area contributed by atoms with Gasteiger partial charge >= 0.3 is 0 Å². The highest BCUT2D eigenvalue weighted by Gasteiger charge is 2.17. The summed E-state index contributed by atoms with van der Waals surface area (Å²) in [6, 6.07) is 9.50. The first kappa shape index (κ1) is 22.4. The zero-order valence-corrected chi connectivity index (χ0v) is 20.1. The van der Waals surface area contributed by atoms with E-state index in [-0.39, 0.29) is 12.5 Å². The van der Waals surface area contributed by atoms with Gasteiger partial charge in [-0.05, 0) is 50.0 Å². The molecule has 0 atom stereocenters. The Kier molecular flexibility index (Phi) is 5.58. The summed E-state index contributed by atoms with van der Waals surface area (Å²) in [7, 11) is 3.68. The molecule has 0 unspecified atom stereocenters. The molecule has 6 aromatic rings. The molecule has 6 heterocycles. The summed E-state index contributed by atoms with van der Waals surface area (Å²) in [5, 5.41) is 10.4. The first-order valence-corrected chi connectivity index (χ1v) is 11.5. The van der Waals surface area contributed by atoms with Crippen LogP contribution in [0.4, 0.5) is 5.69 Å². The van der Waals surface area contributed by atoms with Gasteiger partial charge < -0.3 is 15.2 Å². The van der Waals surface area contributed by atoms with Gasteiger partial charge in [0, 0.05) is 35.9 Å². The SMILES string of the molecule is CN(C)CC(=O)Nc1cncc(-c2ccc3[nH]nc(-c4nc5c(-c6ccncc6)cncc5[nH]4)c3n2)c1. The van der Waals surface area contributed by atoms with Crippen molar-refractivity contribution in [3.05, 3.63) is 67.5 Å². The standard InChI is InChI=1S/C26H22N10O/c1-36(2)14-22(37)30-17-9-16(10-28-11-17)19-3-4-20-24(31-19)25(35-34-20)26-32-21-13-29-12-18(23(21)33-26)15-5-7-27-8-6-15/h3-13H,14H2,1-2H3,(H,30,37)(H,32,33)(H,34,35). The molecule has 3 N–H and O–H groups in total. The van der Waals surface area contributed by atoms with Gasteiger partial charge in [0.25, 0.3) is 0 Å². The number of hydrogen-bond donors (Lipinski definition) is 3. The Morgan fingerprint density at radius 1 is 0.892 bits per heavy atom. The highest BCUT2D eigenvalue weighted by Crippen LogP contribution is 2.31. The highest BCUT2D eigenvalue weighted by atomic mass is 16.2. The van der Waals surface area contributed by atoms with Gasteiger partial charge in [0.1, 0.15) is 5.52 Å². The maximum Gasteiger partial charge on any atom is 0.238 e. The Bertz CT molecular complexity index is 1740. The summed E-state index contributed by atoms with van der Waals surface area (Å²) in [5.41, 5.74) is 7.55. The number of nitrogens with zero attached hydrogens (tertiary/aromatic N) is 7. The Hall–Kier alpha value is -5.03. The van der Waals surface area contributed by atoms with Gasteiger partial charge in [-0.15, -0.1) is 0 Å². The lowest BCUT2D eigenvalue weighted by Crippen LogP contribution is -2.27. The van der Waals surface area contributed by atoms with Crippen LogP contribution in [0.1, 0.15) is 0 Å². The number of pyridine rings is 4. The molecule has 0 aromatic carbocycles. The van der Waals surface area contributed by atoms with Gasteiger partial charge in [0.05, 0.1) is 46.9 Å². The number of amides is 1. The maximum absolute atomic E-state index is 12.2. The monoisotopic (exact) mass is 490 g/mol. The summed E-state index contributed by atoms with van der Waals surface area (Å²) in [4.78, 5) is 39.8. The van der Waals surface area contributed by atoms with E-state index in [1.165, 1.54) is 0 Å². The summed E-state index contributed by atoms with van der Waals surface area (Å²) >= 11 is 0. The van der Waals surface area contributed by atoms with Crippen LogP contribution in [0.5, 0.6) is 0 Å². The minimum absolute atomic E-state index is 0.116. The Morgan fingerprint density at radius 3 is 2.57 bits per heavy atom. The predicted molar refractivity (Wildman–Crippen MR) is 140 cm³/mol. The van der Waals surface area contributed by atoms with E-state index in [0.717, 1.165) is 33.2 Å². The lowest BCUT2D eigenvalue weighted by molar-refractivity contribution is -0.116.